The molecule has 0 aliphatic carbocycles. The molecule has 1 aromatic rings. The van der Waals surface area contributed by atoms with Crippen LogP contribution in [0, 0.1) is 0 Å². The molecule has 66 valence electrons. The molecule has 2 nitrogen and oxygen atoms in total. The van der Waals surface area contributed by atoms with Crippen LogP contribution in [-0.2, 0) is 6.54 Å². The normalized spacial score (nSPS) is 12.9. The summed E-state index contributed by atoms with van der Waals surface area (Å²) in [6.45, 7) is 5.87. The van der Waals surface area contributed by atoms with E-state index in [0.717, 1.165) is 5.69 Å². The molecular formula is C9H12ClNO. The van der Waals surface area contributed by atoms with E-state index in [1.807, 2.05) is 22.9 Å². The van der Waals surface area contributed by atoms with Gasteiger partial charge in [0.1, 0.15) is 0 Å². The lowest BCUT2D eigenvalue weighted by Crippen LogP contribution is -2.04. The van der Waals surface area contributed by atoms with Crippen LogP contribution in [0.3, 0.4) is 0 Å². The third-order valence-electron chi connectivity index (χ3n) is 1.63. The minimum absolute atomic E-state index is 0.462. The van der Waals surface area contributed by atoms with Crippen molar-refractivity contribution in [3.8, 4) is 0 Å². The number of nitrogens with zero attached hydrogens (tertiary/aromatic N) is 1. The smallest absolute Gasteiger partial charge is 0.0911 e. The van der Waals surface area contributed by atoms with Crippen LogP contribution < -0.4 is 0 Å². The molecule has 0 aromatic carbocycles. The summed E-state index contributed by atoms with van der Waals surface area (Å²) in [6.07, 6.45) is 1.41. The molecule has 1 unspecified atom stereocenters. The molecule has 0 spiro atoms. The highest BCUT2D eigenvalue weighted by molar-refractivity contribution is 6.29. The van der Waals surface area contributed by atoms with Crippen molar-refractivity contribution in [3.05, 3.63) is 35.6 Å². The van der Waals surface area contributed by atoms with Crippen molar-refractivity contribution >= 4 is 11.6 Å². The largest absolute Gasteiger partial charge is 0.387 e. The van der Waals surface area contributed by atoms with Crippen molar-refractivity contribution in [1.29, 1.82) is 0 Å². The second-order valence-corrected chi connectivity index (χ2v) is 3.29. The van der Waals surface area contributed by atoms with E-state index in [0.29, 0.717) is 11.6 Å². The van der Waals surface area contributed by atoms with E-state index in [4.69, 9.17) is 11.6 Å². The van der Waals surface area contributed by atoms with Crippen molar-refractivity contribution in [2.75, 3.05) is 0 Å². The van der Waals surface area contributed by atoms with Gasteiger partial charge >= 0.3 is 0 Å². The Balaban J connectivity index is 2.84. The first kappa shape index (κ1) is 9.36. The molecule has 0 fully saturated rings. The van der Waals surface area contributed by atoms with Gasteiger partial charge in [0.15, 0.2) is 0 Å². The Morgan fingerprint density at radius 3 is 3.00 bits per heavy atom. The summed E-state index contributed by atoms with van der Waals surface area (Å²) in [4.78, 5) is 0. The number of allylic oxidation sites excluding steroid dienone is 1. The number of aliphatic hydroxyl groups excluding tert-OH is 1. The highest BCUT2D eigenvalue weighted by Crippen LogP contribution is 2.14. The maximum Gasteiger partial charge on any atom is 0.0911 e. The summed E-state index contributed by atoms with van der Waals surface area (Å²) in [7, 11) is 0. The van der Waals surface area contributed by atoms with E-state index in [1.165, 1.54) is 0 Å². The van der Waals surface area contributed by atoms with Gasteiger partial charge in [-0.3, -0.25) is 0 Å². The summed E-state index contributed by atoms with van der Waals surface area (Å²) in [5.74, 6) is 0. The molecular weight excluding hydrogens is 174 g/mol. The molecule has 0 aliphatic heterocycles. The number of aliphatic hydroxyl groups is 1. The van der Waals surface area contributed by atoms with Gasteiger partial charge in [-0.1, -0.05) is 18.2 Å². The number of hydrogen-bond acceptors (Lipinski definition) is 1. The molecule has 0 aliphatic rings. The molecule has 1 rings (SSSR count). The molecule has 0 radical (unpaired) electrons. The number of halogens is 1. The quantitative estimate of drug-likeness (QED) is 0.768. The predicted octanol–water partition coefficient (Wildman–Crippen LogP) is 2.29. The van der Waals surface area contributed by atoms with Crippen LogP contribution in [0.5, 0.6) is 0 Å². The van der Waals surface area contributed by atoms with Gasteiger partial charge in [0.05, 0.1) is 12.6 Å². The summed E-state index contributed by atoms with van der Waals surface area (Å²) in [5, 5.41) is 9.88. The van der Waals surface area contributed by atoms with E-state index in [1.54, 1.807) is 6.92 Å². The standard InChI is InChI=1S/C9H12ClNO/c1-7(10)6-11-5-3-4-9(11)8(2)12/h3-5,8,12H,1,6H2,2H3. The lowest BCUT2D eigenvalue weighted by atomic mass is 10.3. The molecule has 0 amide bonds. The van der Waals surface area contributed by atoms with Crippen molar-refractivity contribution in [3.63, 3.8) is 0 Å². The van der Waals surface area contributed by atoms with Gasteiger partial charge in [-0.2, -0.15) is 0 Å². The highest BCUT2D eigenvalue weighted by atomic mass is 35.5. The van der Waals surface area contributed by atoms with Crippen LogP contribution in [0.2, 0.25) is 0 Å². The van der Waals surface area contributed by atoms with Crippen molar-refractivity contribution < 1.29 is 5.11 Å². The fourth-order valence-electron chi connectivity index (χ4n) is 1.14. The zero-order valence-electron chi connectivity index (χ0n) is 7.00. The summed E-state index contributed by atoms with van der Waals surface area (Å²) in [5.41, 5.74) is 0.858. The van der Waals surface area contributed by atoms with Gasteiger partial charge in [0, 0.05) is 16.9 Å². The van der Waals surface area contributed by atoms with Crippen LogP contribution in [0.15, 0.2) is 29.9 Å². The molecule has 3 heteroatoms. The minimum Gasteiger partial charge on any atom is -0.387 e. The Kier molecular flexibility index (Phi) is 2.95. The number of hydrogen-bond donors (Lipinski definition) is 1. The Labute approximate surface area is 77.1 Å². The second-order valence-electron chi connectivity index (χ2n) is 2.75. The molecule has 1 heterocycles. The zero-order valence-corrected chi connectivity index (χ0v) is 7.75. The summed E-state index contributed by atoms with van der Waals surface area (Å²) < 4.78 is 1.88. The van der Waals surface area contributed by atoms with Crippen LogP contribution in [0.25, 0.3) is 0 Å². The molecule has 1 N–H and O–H groups in total. The van der Waals surface area contributed by atoms with Crippen molar-refractivity contribution in [2.45, 2.75) is 19.6 Å². The van der Waals surface area contributed by atoms with Gasteiger partial charge in [0.25, 0.3) is 0 Å². The van der Waals surface area contributed by atoms with Gasteiger partial charge < -0.3 is 9.67 Å². The predicted molar refractivity (Wildman–Crippen MR) is 50.1 cm³/mol. The third-order valence-corrected chi connectivity index (χ3v) is 1.75. The summed E-state index contributed by atoms with van der Waals surface area (Å²) in [6, 6.07) is 3.74. The first-order valence-corrected chi connectivity index (χ1v) is 4.15. The van der Waals surface area contributed by atoms with Gasteiger partial charge in [-0.25, -0.2) is 0 Å². The van der Waals surface area contributed by atoms with Gasteiger partial charge in [-0.15, -0.1) is 0 Å². The van der Waals surface area contributed by atoms with Crippen LogP contribution in [0.4, 0.5) is 0 Å². The Morgan fingerprint density at radius 2 is 2.50 bits per heavy atom. The molecule has 12 heavy (non-hydrogen) atoms. The van der Waals surface area contributed by atoms with Crippen LogP contribution >= 0.6 is 11.6 Å². The van der Waals surface area contributed by atoms with Crippen molar-refractivity contribution in [2.24, 2.45) is 0 Å². The maximum atomic E-state index is 9.31. The van der Waals surface area contributed by atoms with Gasteiger partial charge in [-0.05, 0) is 19.1 Å². The molecule has 1 atom stereocenters. The van der Waals surface area contributed by atoms with Crippen LogP contribution in [-0.4, -0.2) is 9.67 Å². The van der Waals surface area contributed by atoms with Gasteiger partial charge in [0.2, 0.25) is 0 Å². The average Bonchev–Trinajstić information content (AvgIpc) is 2.33. The number of rotatable bonds is 3. The average molecular weight is 186 g/mol. The first-order chi connectivity index (χ1) is 5.61. The Bertz CT molecular complexity index is 278. The van der Waals surface area contributed by atoms with E-state index >= 15 is 0 Å². The SMILES string of the molecule is C=C(Cl)Cn1cccc1C(C)O. The van der Waals surface area contributed by atoms with Crippen molar-refractivity contribution in [1.82, 2.24) is 4.57 Å². The highest BCUT2D eigenvalue weighted by Gasteiger charge is 2.05. The summed E-state index contributed by atoms with van der Waals surface area (Å²) >= 11 is 5.65. The lowest BCUT2D eigenvalue weighted by Gasteiger charge is -2.09. The second kappa shape index (κ2) is 3.78. The zero-order chi connectivity index (χ0) is 9.14. The lowest BCUT2D eigenvalue weighted by molar-refractivity contribution is 0.190. The minimum atomic E-state index is -0.462. The first-order valence-electron chi connectivity index (χ1n) is 3.77. The van der Waals surface area contributed by atoms with E-state index in [2.05, 4.69) is 6.58 Å². The van der Waals surface area contributed by atoms with Crippen LogP contribution in [0.1, 0.15) is 18.7 Å². The molecule has 0 bridgehead atoms. The monoisotopic (exact) mass is 185 g/mol. The molecule has 0 saturated carbocycles. The third kappa shape index (κ3) is 2.13. The molecule has 1 aromatic heterocycles. The molecule has 0 saturated heterocycles. The van der Waals surface area contributed by atoms with E-state index < -0.39 is 6.10 Å². The fraction of sp³-hybridized carbons (Fsp3) is 0.333. The Morgan fingerprint density at radius 1 is 1.83 bits per heavy atom. The number of aromatic nitrogens is 1. The van der Waals surface area contributed by atoms with E-state index in [-0.39, 0.29) is 0 Å². The maximum absolute atomic E-state index is 9.31. The fourth-order valence-corrected chi connectivity index (χ4v) is 1.26. The Hall–Kier alpha value is -0.730. The van der Waals surface area contributed by atoms with E-state index in [9.17, 15) is 5.11 Å². The topological polar surface area (TPSA) is 25.2 Å².